The molecule has 1 aliphatic rings. The minimum Gasteiger partial charge on any atom is -0.497 e. The Bertz CT molecular complexity index is 1580. The van der Waals surface area contributed by atoms with Crippen LogP contribution in [-0.2, 0) is 26.2 Å². The molecule has 0 saturated heterocycles. The van der Waals surface area contributed by atoms with Crippen molar-refractivity contribution in [3.8, 4) is 17.2 Å². The number of thiophene rings is 1. The third-order valence-electron chi connectivity index (χ3n) is 6.23. The SMILES string of the molecule is COc1ccc(Cn2nnnc2CN(Cc2cccs2)Cc2cc3cc4c(cc3[nH]c2=O)OCO4)cc1. The van der Waals surface area contributed by atoms with Crippen molar-refractivity contribution < 1.29 is 14.2 Å². The van der Waals surface area contributed by atoms with E-state index in [0.717, 1.165) is 16.7 Å². The van der Waals surface area contributed by atoms with E-state index in [-0.39, 0.29) is 12.4 Å². The first-order chi connectivity index (χ1) is 18.1. The molecule has 10 nitrogen and oxygen atoms in total. The van der Waals surface area contributed by atoms with Gasteiger partial charge in [-0.2, -0.15) is 0 Å². The largest absolute Gasteiger partial charge is 0.497 e. The van der Waals surface area contributed by atoms with E-state index in [9.17, 15) is 4.79 Å². The fourth-order valence-corrected chi connectivity index (χ4v) is 5.10. The Kier molecular flexibility index (Phi) is 6.29. The molecule has 4 heterocycles. The van der Waals surface area contributed by atoms with Crippen LogP contribution in [0.15, 0.2) is 64.8 Å². The molecule has 188 valence electrons. The van der Waals surface area contributed by atoms with Crippen LogP contribution in [0.5, 0.6) is 17.2 Å². The lowest BCUT2D eigenvalue weighted by Crippen LogP contribution is -2.27. The highest BCUT2D eigenvalue weighted by atomic mass is 32.1. The Morgan fingerprint density at radius 1 is 1.08 bits per heavy atom. The van der Waals surface area contributed by atoms with Gasteiger partial charge in [0.1, 0.15) is 5.75 Å². The maximum absolute atomic E-state index is 13.0. The minimum absolute atomic E-state index is 0.139. The number of fused-ring (bicyclic) bond motifs is 2. The summed E-state index contributed by atoms with van der Waals surface area (Å²) in [6.07, 6.45) is 0. The quantitative estimate of drug-likeness (QED) is 0.317. The lowest BCUT2D eigenvalue weighted by Gasteiger charge is -2.21. The van der Waals surface area contributed by atoms with Crippen molar-refractivity contribution in [1.29, 1.82) is 0 Å². The molecule has 5 aromatic rings. The molecule has 2 aromatic carbocycles. The average Bonchev–Trinajstić information content (AvgIpc) is 3.67. The van der Waals surface area contributed by atoms with Gasteiger partial charge in [-0.3, -0.25) is 9.69 Å². The molecule has 37 heavy (non-hydrogen) atoms. The second kappa shape index (κ2) is 10.0. The molecule has 0 radical (unpaired) electrons. The molecule has 0 atom stereocenters. The number of aromatic nitrogens is 5. The van der Waals surface area contributed by atoms with Gasteiger partial charge in [-0.15, -0.1) is 16.4 Å². The van der Waals surface area contributed by atoms with Crippen LogP contribution < -0.4 is 19.8 Å². The van der Waals surface area contributed by atoms with E-state index >= 15 is 0 Å². The van der Waals surface area contributed by atoms with Gasteiger partial charge in [0.15, 0.2) is 17.3 Å². The monoisotopic (exact) mass is 516 g/mol. The topological polar surface area (TPSA) is 107 Å². The number of pyridine rings is 1. The van der Waals surface area contributed by atoms with Crippen LogP contribution in [0.1, 0.15) is 21.8 Å². The first kappa shape index (κ1) is 23.2. The summed E-state index contributed by atoms with van der Waals surface area (Å²) >= 11 is 1.68. The van der Waals surface area contributed by atoms with Crippen LogP contribution in [-0.4, -0.2) is 44.0 Å². The van der Waals surface area contributed by atoms with E-state index in [0.29, 0.717) is 54.6 Å². The van der Waals surface area contributed by atoms with E-state index in [1.807, 2.05) is 47.8 Å². The van der Waals surface area contributed by atoms with Crippen molar-refractivity contribution in [3.63, 3.8) is 0 Å². The van der Waals surface area contributed by atoms with Gasteiger partial charge in [-0.25, -0.2) is 4.68 Å². The number of nitrogens with zero attached hydrogens (tertiary/aromatic N) is 5. The molecule has 1 N–H and O–H groups in total. The van der Waals surface area contributed by atoms with Gasteiger partial charge in [-0.1, -0.05) is 18.2 Å². The second-order valence-corrected chi connectivity index (χ2v) is 9.77. The van der Waals surface area contributed by atoms with Gasteiger partial charge in [0.05, 0.1) is 25.7 Å². The molecule has 0 bridgehead atoms. The third-order valence-corrected chi connectivity index (χ3v) is 7.09. The molecule has 11 heteroatoms. The predicted molar refractivity (Wildman–Crippen MR) is 138 cm³/mol. The highest BCUT2D eigenvalue weighted by Gasteiger charge is 2.19. The van der Waals surface area contributed by atoms with E-state index in [2.05, 4.69) is 31.5 Å². The smallest absolute Gasteiger partial charge is 0.252 e. The van der Waals surface area contributed by atoms with Crippen LogP contribution in [0, 0.1) is 0 Å². The lowest BCUT2D eigenvalue weighted by atomic mass is 10.1. The number of hydrogen-bond donors (Lipinski definition) is 1. The van der Waals surface area contributed by atoms with Gasteiger partial charge in [0.25, 0.3) is 5.56 Å². The Labute approximate surface area is 216 Å². The summed E-state index contributed by atoms with van der Waals surface area (Å²) in [6, 6.07) is 17.6. The van der Waals surface area contributed by atoms with Gasteiger partial charge in [0, 0.05) is 35.0 Å². The van der Waals surface area contributed by atoms with Crippen molar-refractivity contribution in [3.05, 3.63) is 92.2 Å². The molecule has 6 rings (SSSR count). The summed E-state index contributed by atoms with van der Waals surface area (Å²) in [6.45, 7) is 2.27. The summed E-state index contributed by atoms with van der Waals surface area (Å²) in [5.41, 5.74) is 2.28. The summed E-state index contributed by atoms with van der Waals surface area (Å²) in [5, 5.41) is 15.4. The number of methoxy groups -OCH3 is 1. The molecule has 0 spiro atoms. The summed E-state index contributed by atoms with van der Waals surface area (Å²) < 4.78 is 18.0. The summed E-state index contributed by atoms with van der Waals surface area (Å²) in [5.74, 6) is 2.83. The lowest BCUT2D eigenvalue weighted by molar-refractivity contribution is 0.174. The van der Waals surface area contributed by atoms with Crippen LogP contribution in [0.4, 0.5) is 0 Å². The van der Waals surface area contributed by atoms with Crippen molar-refractivity contribution >= 4 is 22.2 Å². The molecule has 0 unspecified atom stereocenters. The minimum atomic E-state index is -0.139. The zero-order valence-corrected chi connectivity index (χ0v) is 20.9. The second-order valence-electron chi connectivity index (χ2n) is 8.74. The number of tetrazole rings is 1. The van der Waals surface area contributed by atoms with Gasteiger partial charge in [0.2, 0.25) is 6.79 Å². The van der Waals surface area contributed by atoms with Crippen LogP contribution in [0.3, 0.4) is 0 Å². The molecule has 0 saturated carbocycles. The predicted octanol–water partition coefficient (Wildman–Crippen LogP) is 3.56. The molecular weight excluding hydrogens is 492 g/mol. The third kappa shape index (κ3) is 5.04. The molecule has 0 aliphatic carbocycles. The van der Waals surface area contributed by atoms with Gasteiger partial charge in [-0.05, 0) is 51.7 Å². The highest BCUT2D eigenvalue weighted by molar-refractivity contribution is 7.09. The number of hydrogen-bond acceptors (Lipinski definition) is 9. The van der Waals surface area contributed by atoms with E-state index in [1.165, 1.54) is 4.88 Å². The van der Waals surface area contributed by atoms with Crippen molar-refractivity contribution in [2.75, 3.05) is 13.9 Å². The number of H-pyrrole nitrogens is 1. The molecule has 0 amide bonds. The van der Waals surface area contributed by atoms with Crippen molar-refractivity contribution in [2.45, 2.75) is 26.2 Å². The van der Waals surface area contributed by atoms with Crippen LogP contribution in [0.25, 0.3) is 10.9 Å². The molecular formula is C26H24N6O4S. The highest BCUT2D eigenvalue weighted by Crippen LogP contribution is 2.35. The maximum atomic E-state index is 13.0. The average molecular weight is 517 g/mol. The number of rotatable bonds is 9. The zero-order valence-electron chi connectivity index (χ0n) is 20.1. The Morgan fingerprint density at radius 3 is 2.70 bits per heavy atom. The number of benzene rings is 2. The fraction of sp³-hybridized carbons (Fsp3) is 0.231. The van der Waals surface area contributed by atoms with Crippen LogP contribution in [0.2, 0.25) is 0 Å². The fourth-order valence-electron chi connectivity index (χ4n) is 4.35. The Balaban J connectivity index is 1.27. The first-order valence-corrected chi connectivity index (χ1v) is 12.6. The normalized spacial score (nSPS) is 12.5. The van der Waals surface area contributed by atoms with E-state index < -0.39 is 0 Å². The number of ether oxygens (including phenoxy) is 3. The summed E-state index contributed by atoms with van der Waals surface area (Å²) in [7, 11) is 1.64. The molecule has 0 fully saturated rings. The Hall–Kier alpha value is -4.22. The van der Waals surface area contributed by atoms with Gasteiger partial charge >= 0.3 is 0 Å². The zero-order chi connectivity index (χ0) is 25.2. The van der Waals surface area contributed by atoms with E-state index in [1.54, 1.807) is 29.2 Å². The van der Waals surface area contributed by atoms with Gasteiger partial charge < -0.3 is 19.2 Å². The van der Waals surface area contributed by atoms with Crippen molar-refractivity contribution in [2.24, 2.45) is 0 Å². The molecule has 1 aliphatic heterocycles. The summed E-state index contributed by atoms with van der Waals surface area (Å²) in [4.78, 5) is 19.4. The first-order valence-electron chi connectivity index (χ1n) is 11.7. The number of nitrogens with one attached hydrogen (secondary N) is 1. The van der Waals surface area contributed by atoms with Crippen molar-refractivity contribution in [1.82, 2.24) is 30.1 Å². The van der Waals surface area contributed by atoms with Crippen LogP contribution >= 0.6 is 11.3 Å². The van der Waals surface area contributed by atoms with E-state index in [4.69, 9.17) is 14.2 Å². The Morgan fingerprint density at radius 2 is 1.92 bits per heavy atom. The maximum Gasteiger partial charge on any atom is 0.252 e. The number of aromatic amines is 1. The standard InChI is InChI=1S/C26H24N6O4S/c1-34-20-6-4-17(5-7-20)12-32-25(28-29-30-32)15-31(14-21-3-2-8-37-21)13-19-9-18-10-23-24(36-16-35-23)11-22(18)27-26(19)33/h2-11H,12-16H2,1H3,(H,27,33). The molecule has 3 aromatic heterocycles.